The van der Waals surface area contributed by atoms with Gasteiger partial charge >= 0.3 is 5.97 Å². The van der Waals surface area contributed by atoms with E-state index in [1.165, 1.54) is 19.2 Å². The van der Waals surface area contributed by atoms with Crippen LogP contribution in [0.15, 0.2) is 12.1 Å². The fourth-order valence-electron chi connectivity index (χ4n) is 1.33. The molecule has 1 unspecified atom stereocenters. The van der Waals surface area contributed by atoms with Crippen molar-refractivity contribution in [1.29, 1.82) is 0 Å². The van der Waals surface area contributed by atoms with E-state index in [2.05, 4.69) is 20.8 Å². The minimum atomic E-state index is -0.956. The summed E-state index contributed by atoms with van der Waals surface area (Å²) < 4.78 is 0. The van der Waals surface area contributed by atoms with Crippen LogP contribution in [0, 0.1) is 5.92 Å². The highest BCUT2D eigenvalue weighted by Gasteiger charge is 2.21. The van der Waals surface area contributed by atoms with E-state index < -0.39 is 12.0 Å². The Hall–Kier alpha value is -2.18. The molecule has 1 amide bonds. The summed E-state index contributed by atoms with van der Waals surface area (Å²) in [6, 6.07) is 2.26. The van der Waals surface area contributed by atoms with Gasteiger partial charge < -0.3 is 15.7 Å². The molecular weight excluding hydrogens is 236 g/mol. The van der Waals surface area contributed by atoms with Crippen LogP contribution in [-0.4, -0.2) is 40.3 Å². The van der Waals surface area contributed by atoms with Crippen LogP contribution in [0.4, 0.5) is 5.82 Å². The van der Waals surface area contributed by atoms with Crippen molar-refractivity contribution in [3.05, 3.63) is 17.8 Å². The SMILES string of the molecule is CNC(=O)c1ccc(NC(C(=O)O)C(C)C)nn1. The Morgan fingerprint density at radius 3 is 2.33 bits per heavy atom. The number of nitrogens with one attached hydrogen (secondary N) is 2. The third kappa shape index (κ3) is 3.41. The summed E-state index contributed by atoms with van der Waals surface area (Å²) in [7, 11) is 1.50. The van der Waals surface area contributed by atoms with E-state index in [0.29, 0.717) is 5.82 Å². The van der Waals surface area contributed by atoms with E-state index >= 15 is 0 Å². The average Bonchev–Trinajstić information content (AvgIpc) is 2.35. The third-order valence-corrected chi connectivity index (χ3v) is 2.36. The van der Waals surface area contributed by atoms with Gasteiger partial charge in [-0.05, 0) is 18.1 Å². The second-order valence-corrected chi connectivity index (χ2v) is 4.09. The fraction of sp³-hybridized carbons (Fsp3) is 0.455. The molecular formula is C11H16N4O3. The molecule has 0 saturated carbocycles. The zero-order valence-electron chi connectivity index (χ0n) is 10.5. The van der Waals surface area contributed by atoms with Crippen molar-refractivity contribution in [1.82, 2.24) is 15.5 Å². The second kappa shape index (κ2) is 5.95. The van der Waals surface area contributed by atoms with Crippen molar-refractivity contribution in [3.63, 3.8) is 0 Å². The number of carboxylic acid groups (broad SMARTS) is 1. The van der Waals surface area contributed by atoms with Crippen LogP contribution in [0.3, 0.4) is 0 Å². The van der Waals surface area contributed by atoms with Crippen LogP contribution in [0.1, 0.15) is 24.3 Å². The average molecular weight is 252 g/mol. The molecule has 7 nitrogen and oxygen atoms in total. The Labute approximate surface area is 105 Å². The Kier molecular flexibility index (Phi) is 4.59. The van der Waals surface area contributed by atoms with Crippen LogP contribution >= 0.6 is 0 Å². The lowest BCUT2D eigenvalue weighted by Gasteiger charge is -2.17. The largest absolute Gasteiger partial charge is 0.480 e. The first kappa shape index (κ1) is 13.9. The molecule has 1 atom stereocenters. The minimum Gasteiger partial charge on any atom is -0.480 e. The molecule has 0 fully saturated rings. The van der Waals surface area contributed by atoms with Gasteiger partial charge in [0.25, 0.3) is 5.91 Å². The molecule has 0 aromatic carbocycles. The van der Waals surface area contributed by atoms with Crippen LogP contribution in [0.5, 0.6) is 0 Å². The van der Waals surface area contributed by atoms with Crippen LogP contribution in [0.25, 0.3) is 0 Å². The number of aromatic nitrogens is 2. The van der Waals surface area contributed by atoms with Gasteiger partial charge in [-0.3, -0.25) is 4.79 Å². The summed E-state index contributed by atoms with van der Waals surface area (Å²) in [6.07, 6.45) is 0. The maximum Gasteiger partial charge on any atom is 0.326 e. The first-order valence-corrected chi connectivity index (χ1v) is 5.51. The van der Waals surface area contributed by atoms with Gasteiger partial charge in [0, 0.05) is 7.05 Å². The summed E-state index contributed by atoms with van der Waals surface area (Å²) in [5.74, 6) is -1.07. The third-order valence-electron chi connectivity index (χ3n) is 2.36. The van der Waals surface area contributed by atoms with E-state index in [9.17, 15) is 9.59 Å². The molecule has 98 valence electrons. The summed E-state index contributed by atoms with van der Waals surface area (Å²) in [5, 5.41) is 21.7. The molecule has 7 heteroatoms. The van der Waals surface area contributed by atoms with E-state index in [-0.39, 0.29) is 17.5 Å². The summed E-state index contributed by atoms with van der Waals surface area (Å²) in [5.41, 5.74) is 0.180. The van der Waals surface area contributed by atoms with Crippen molar-refractivity contribution >= 4 is 17.7 Å². The van der Waals surface area contributed by atoms with Crippen molar-refractivity contribution in [2.45, 2.75) is 19.9 Å². The van der Waals surface area contributed by atoms with Crippen molar-refractivity contribution in [3.8, 4) is 0 Å². The van der Waals surface area contributed by atoms with Gasteiger partial charge in [-0.1, -0.05) is 13.8 Å². The lowest BCUT2D eigenvalue weighted by Crippen LogP contribution is -2.34. The lowest BCUT2D eigenvalue weighted by molar-refractivity contribution is -0.138. The number of aliphatic carboxylic acids is 1. The normalized spacial score (nSPS) is 12.0. The predicted molar refractivity (Wildman–Crippen MR) is 65.3 cm³/mol. The molecule has 0 aliphatic rings. The summed E-state index contributed by atoms with van der Waals surface area (Å²) in [6.45, 7) is 3.58. The van der Waals surface area contributed by atoms with Gasteiger partial charge in [-0.15, -0.1) is 10.2 Å². The molecule has 0 aliphatic heterocycles. The number of amides is 1. The first-order chi connectivity index (χ1) is 8.45. The predicted octanol–water partition coefficient (Wildman–Crippen LogP) is 0.357. The number of anilines is 1. The summed E-state index contributed by atoms with van der Waals surface area (Å²) in [4.78, 5) is 22.2. The number of hydrogen-bond donors (Lipinski definition) is 3. The molecule has 3 N–H and O–H groups in total. The van der Waals surface area contributed by atoms with E-state index in [0.717, 1.165) is 0 Å². The van der Waals surface area contributed by atoms with E-state index in [1.807, 2.05) is 0 Å². The second-order valence-electron chi connectivity index (χ2n) is 4.09. The number of carboxylic acids is 1. The van der Waals surface area contributed by atoms with E-state index in [4.69, 9.17) is 5.11 Å². The van der Waals surface area contributed by atoms with Crippen LogP contribution in [0.2, 0.25) is 0 Å². The molecule has 1 aromatic heterocycles. The fourth-order valence-corrected chi connectivity index (χ4v) is 1.33. The molecule has 1 aromatic rings. The molecule has 0 spiro atoms. The number of rotatable bonds is 5. The Balaban J connectivity index is 2.79. The maximum absolute atomic E-state index is 11.2. The molecule has 1 heterocycles. The quantitative estimate of drug-likeness (QED) is 0.698. The lowest BCUT2D eigenvalue weighted by atomic mass is 10.1. The smallest absolute Gasteiger partial charge is 0.326 e. The van der Waals surface area contributed by atoms with Crippen molar-refractivity contribution in [2.24, 2.45) is 5.92 Å². The molecule has 0 aliphatic carbocycles. The summed E-state index contributed by atoms with van der Waals surface area (Å²) >= 11 is 0. The Bertz CT molecular complexity index is 430. The molecule has 0 radical (unpaired) electrons. The molecule has 0 saturated heterocycles. The van der Waals surface area contributed by atoms with Crippen LogP contribution < -0.4 is 10.6 Å². The minimum absolute atomic E-state index is 0.0945. The number of hydrogen-bond acceptors (Lipinski definition) is 5. The zero-order valence-corrected chi connectivity index (χ0v) is 10.5. The standard InChI is InChI=1S/C11H16N4O3/c1-6(2)9(11(17)18)13-8-5-4-7(14-15-8)10(16)12-3/h4-6,9H,1-3H3,(H,12,16)(H,13,15)(H,17,18). The number of nitrogens with zero attached hydrogens (tertiary/aromatic N) is 2. The van der Waals surface area contributed by atoms with Gasteiger partial charge in [0.2, 0.25) is 0 Å². The number of carbonyl (C=O) groups excluding carboxylic acids is 1. The zero-order chi connectivity index (χ0) is 13.7. The van der Waals surface area contributed by atoms with Crippen molar-refractivity contribution in [2.75, 3.05) is 12.4 Å². The Morgan fingerprint density at radius 1 is 1.28 bits per heavy atom. The maximum atomic E-state index is 11.2. The molecule has 18 heavy (non-hydrogen) atoms. The van der Waals surface area contributed by atoms with Gasteiger partial charge in [0.15, 0.2) is 5.69 Å². The van der Waals surface area contributed by atoms with Crippen LogP contribution in [-0.2, 0) is 4.79 Å². The topological polar surface area (TPSA) is 104 Å². The number of carbonyl (C=O) groups is 2. The van der Waals surface area contributed by atoms with E-state index in [1.54, 1.807) is 13.8 Å². The highest BCUT2D eigenvalue weighted by molar-refractivity contribution is 5.91. The first-order valence-electron chi connectivity index (χ1n) is 5.51. The van der Waals surface area contributed by atoms with Gasteiger partial charge in [-0.25, -0.2) is 4.79 Å². The van der Waals surface area contributed by atoms with Crippen molar-refractivity contribution < 1.29 is 14.7 Å². The van der Waals surface area contributed by atoms with Gasteiger partial charge in [-0.2, -0.15) is 0 Å². The molecule has 0 bridgehead atoms. The highest BCUT2D eigenvalue weighted by Crippen LogP contribution is 2.10. The van der Waals surface area contributed by atoms with Gasteiger partial charge in [0.05, 0.1) is 0 Å². The van der Waals surface area contributed by atoms with Gasteiger partial charge in [0.1, 0.15) is 11.9 Å². The molecule has 1 rings (SSSR count). The Morgan fingerprint density at radius 2 is 1.94 bits per heavy atom. The monoisotopic (exact) mass is 252 g/mol. The highest BCUT2D eigenvalue weighted by atomic mass is 16.4.